The van der Waals surface area contributed by atoms with E-state index < -0.39 is 11.6 Å². The first-order valence-corrected chi connectivity index (χ1v) is 5.67. The zero-order valence-corrected chi connectivity index (χ0v) is 9.97. The van der Waals surface area contributed by atoms with E-state index in [1.807, 2.05) is 0 Å². The van der Waals surface area contributed by atoms with Gasteiger partial charge in [-0.05, 0) is 31.9 Å². The van der Waals surface area contributed by atoms with Gasteiger partial charge in [0.2, 0.25) is 0 Å². The van der Waals surface area contributed by atoms with E-state index in [9.17, 15) is 9.59 Å². The molecule has 1 aromatic heterocycles. The molecule has 1 aliphatic rings. The Morgan fingerprint density at radius 1 is 1.50 bits per heavy atom. The van der Waals surface area contributed by atoms with E-state index in [0.717, 1.165) is 6.42 Å². The van der Waals surface area contributed by atoms with Gasteiger partial charge in [-0.2, -0.15) is 0 Å². The van der Waals surface area contributed by atoms with Crippen molar-refractivity contribution in [3.63, 3.8) is 0 Å². The molecule has 1 amide bonds. The standard InChI is InChI=1S/C12H14N2O4/c1-12(6-3-7-18-12)11(17)14-9-5-2-4-8(13-9)10(15)16/h2,4-5H,3,6-7H2,1H3,(H,15,16)(H,13,14,17). The maximum Gasteiger partial charge on any atom is 0.354 e. The van der Waals surface area contributed by atoms with Crippen LogP contribution in [0, 0.1) is 0 Å². The van der Waals surface area contributed by atoms with Crippen LogP contribution in [0.2, 0.25) is 0 Å². The summed E-state index contributed by atoms with van der Waals surface area (Å²) < 4.78 is 5.40. The molecule has 1 unspecified atom stereocenters. The van der Waals surface area contributed by atoms with Crippen molar-refractivity contribution >= 4 is 17.7 Å². The number of aromatic nitrogens is 1. The number of carbonyl (C=O) groups is 2. The Morgan fingerprint density at radius 3 is 2.89 bits per heavy atom. The van der Waals surface area contributed by atoms with Crippen LogP contribution in [0.1, 0.15) is 30.3 Å². The molecule has 2 rings (SSSR count). The number of carboxylic acids is 1. The lowest BCUT2D eigenvalue weighted by atomic mass is 10.0. The maximum atomic E-state index is 12.0. The van der Waals surface area contributed by atoms with Gasteiger partial charge in [0.1, 0.15) is 11.4 Å². The van der Waals surface area contributed by atoms with E-state index >= 15 is 0 Å². The molecule has 1 fully saturated rings. The van der Waals surface area contributed by atoms with Crippen LogP contribution in [0.25, 0.3) is 0 Å². The number of carbonyl (C=O) groups excluding carboxylic acids is 1. The van der Waals surface area contributed by atoms with E-state index in [2.05, 4.69) is 10.3 Å². The lowest BCUT2D eigenvalue weighted by Crippen LogP contribution is -2.39. The number of nitrogens with one attached hydrogen (secondary N) is 1. The molecule has 1 aromatic rings. The molecule has 0 saturated carbocycles. The molecule has 0 radical (unpaired) electrons. The van der Waals surface area contributed by atoms with Crippen molar-refractivity contribution in [1.29, 1.82) is 0 Å². The minimum absolute atomic E-state index is 0.106. The smallest absolute Gasteiger partial charge is 0.354 e. The lowest BCUT2D eigenvalue weighted by Gasteiger charge is -2.21. The van der Waals surface area contributed by atoms with E-state index in [1.54, 1.807) is 13.0 Å². The molecule has 96 valence electrons. The lowest BCUT2D eigenvalue weighted by molar-refractivity contribution is -0.133. The predicted octanol–water partition coefficient (Wildman–Crippen LogP) is 1.29. The summed E-state index contributed by atoms with van der Waals surface area (Å²) in [4.78, 5) is 26.6. The molecule has 0 aliphatic carbocycles. The van der Waals surface area contributed by atoms with Crippen LogP contribution in [0.3, 0.4) is 0 Å². The third-order valence-electron chi connectivity index (χ3n) is 2.91. The van der Waals surface area contributed by atoms with E-state index in [-0.39, 0.29) is 17.4 Å². The fourth-order valence-corrected chi connectivity index (χ4v) is 1.83. The molecule has 1 atom stereocenters. The van der Waals surface area contributed by atoms with Crippen LogP contribution in [0.4, 0.5) is 5.82 Å². The number of aromatic carboxylic acids is 1. The van der Waals surface area contributed by atoms with Crippen molar-refractivity contribution in [1.82, 2.24) is 4.98 Å². The monoisotopic (exact) mass is 250 g/mol. The van der Waals surface area contributed by atoms with Crippen molar-refractivity contribution in [2.75, 3.05) is 11.9 Å². The highest BCUT2D eigenvalue weighted by atomic mass is 16.5. The van der Waals surface area contributed by atoms with Crippen molar-refractivity contribution in [2.45, 2.75) is 25.4 Å². The Morgan fingerprint density at radius 2 is 2.28 bits per heavy atom. The normalized spacial score (nSPS) is 22.7. The fourth-order valence-electron chi connectivity index (χ4n) is 1.83. The van der Waals surface area contributed by atoms with Crippen molar-refractivity contribution in [3.8, 4) is 0 Å². The van der Waals surface area contributed by atoms with Gasteiger partial charge in [0.25, 0.3) is 5.91 Å². The number of hydrogen-bond donors (Lipinski definition) is 2. The molecule has 0 bridgehead atoms. The average molecular weight is 250 g/mol. The number of nitrogens with zero attached hydrogens (tertiary/aromatic N) is 1. The van der Waals surface area contributed by atoms with Gasteiger partial charge >= 0.3 is 5.97 Å². The Kier molecular flexibility index (Phi) is 3.29. The molecule has 18 heavy (non-hydrogen) atoms. The maximum absolute atomic E-state index is 12.0. The third kappa shape index (κ3) is 2.48. The molecule has 0 spiro atoms. The summed E-state index contributed by atoms with van der Waals surface area (Å²) in [6.45, 7) is 2.28. The topological polar surface area (TPSA) is 88.5 Å². The minimum Gasteiger partial charge on any atom is -0.477 e. The number of pyridine rings is 1. The molecule has 2 N–H and O–H groups in total. The Hall–Kier alpha value is -1.95. The summed E-state index contributed by atoms with van der Waals surface area (Å²) in [6, 6.07) is 4.44. The van der Waals surface area contributed by atoms with Crippen LogP contribution in [0.15, 0.2) is 18.2 Å². The highest BCUT2D eigenvalue weighted by molar-refractivity contribution is 5.97. The van der Waals surface area contributed by atoms with Crippen molar-refractivity contribution in [3.05, 3.63) is 23.9 Å². The van der Waals surface area contributed by atoms with Crippen LogP contribution >= 0.6 is 0 Å². The summed E-state index contributed by atoms with van der Waals surface area (Å²) in [5.41, 5.74) is -0.953. The first-order chi connectivity index (χ1) is 8.51. The number of hydrogen-bond acceptors (Lipinski definition) is 4. The van der Waals surface area contributed by atoms with E-state index in [0.29, 0.717) is 13.0 Å². The van der Waals surface area contributed by atoms with Gasteiger partial charge in [0, 0.05) is 6.61 Å². The highest BCUT2D eigenvalue weighted by Crippen LogP contribution is 2.26. The Bertz CT molecular complexity index is 481. The van der Waals surface area contributed by atoms with Crippen LogP contribution in [-0.2, 0) is 9.53 Å². The largest absolute Gasteiger partial charge is 0.477 e. The second kappa shape index (κ2) is 4.73. The molecular weight excluding hydrogens is 236 g/mol. The second-order valence-electron chi connectivity index (χ2n) is 4.35. The second-order valence-corrected chi connectivity index (χ2v) is 4.35. The highest BCUT2D eigenvalue weighted by Gasteiger charge is 2.37. The van der Waals surface area contributed by atoms with E-state index in [4.69, 9.17) is 9.84 Å². The summed E-state index contributed by atoms with van der Waals surface area (Å²) in [6.07, 6.45) is 1.49. The van der Waals surface area contributed by atoms with Gasteiger partial charge in [-0.15, -0.1) is 0 Å². The van der Waals surface area contributed by atoms with Gasteiger partial charge in [0.15, 0.2) is 5.69 Å². The SMILES string of the molecule is CC1(C(=O)Nc2cccc(C(=O)O)n2)CCCO1. The summed E-state index contributed by atoms with van der Waals surface area (Å²) >= 11 is 0. The minimum atomic E-state index is -1.13. The number of carboxylic acid groups (broad SMARTS) is 1. The van der Waals surface area contributed by atoms with Gasteiger partial charge in [0.05, 0.1) is 0 Å². The Balaban J connectivity index is 2.11. The van der Waals surface area contributed by atoms with Gasteiger partial charge < -0.3 is 15.2 Å². The molecule has 6 heteroatoms. The first-order valence-electron chi connectivity index (χ1n) is 5.67. The van der Waals surface area contributed by atoms with Crippen LogP contribution in [0.5, 0.6) is 0 Å². The number of rotatable bonds is 3. The summed E-state index contributed by atoms with van der Waals surface area (Å²) in [5, 5.41) is 11.4. The van der Waals surface area contributed by atoms with Crippen molar-refractivity contribution < 1.29 is 19.4 Å². The zero-order valence-electron chi connectivity index (χ0n) is 9.97. The molecule has 6 nitrogen and oxygen atoms in total. The van der Waals surface area contributed by atoms with Crippen molar-refractivity contribution in [2.24, 2.45) is 0 Å². The number of anilines is 1. The van der Waals surface area contributed by atoms with Gasteiger partial charge in [-0.1, -0.05) is 6.07 Å². The summed E-state index contributed by atoms with van der Waals surface area (Å²) in [7, 11) is 0. The number of ether oxygens (including phenoxy) is 1. The summed E-state index contributed by atoms with van der Waals surface area (Å²) in [5.74, 6) is -1.21. The third-order valence-corrected chi connectivity index (χ3v) is 2.91. The van der Waals surface area contributed by atoms with Crippen LogP contribution < -0.4 is 5.32 Å². The molecule has 0 aromatic carbocycles. The van der Waals surface area contributed by atoms with Crippen LogP contribution in [-0.4, -0.2) is 34.2 Å². The molecule has 1 saturated heterocycles. The molecule has 2 heterocycles. The predicted molar refractivity (Wildman–Crippen MR) is 63.4 cm³/mol. The van der Waals surface area contributed by atoms with E-state index in [1.165, 1.54) is 12.1 Å². The quantitative estimate of drug-likeness (QED) is 0.843. The number of amides is 1. The first kappa shape index (κ1) is 12.5. The Labute approximate surface area is 104 Å². The van der Waals surface area contributed by atoms with Gasteiger partial charge in [-0.3, -0.25) is 4.79 Å². The van der Waals surface area contributed by atoms with Gasteiger partial charge in [-0.25, -0.2) is 9.78 Å². The molecular formula is C12H14N2O4. The molecule has 1 aliphatic heterocycles. The fraction of sp³-hybridized carbons (Fsp3) is 0.417. The average Bonchev–Trinajstić information content (AvgIpc) is 2.78. The zero-order chi connectivity index (χ0) is 13.2.